The number of hydrogen-bond donors (Lipinski definition) is 1. The Labute approximate surface area is 133 Å². The minimum absolute atomic E-state index is 0.249. The summed E-state index contributed by atoms with van der Waals surface area (Å²) in [4.78, 5) is 1.39. The lowest BCUT2D eigenvalue weighted by molar-refractivity contribution is -0.149. The summed E-state index contributed by atoms with van der Waals surface area (Å²) >= 11 is 1.84. The molecule has 0 saturated heterocycles. The summed E-state index contributed by atoms with van der Waals surface area (Å²) in [5, 5.41) is 2.28. The minimum Gasteiger partial charge on any atom is -0.324 e. The molecule has 1 aromatic heterocycles. The van der Waals surface area contributed by atoms with Crippen LogP contribution in [0.4, 0.5) is 0 Å². The fourth-order valence-corrected chi connectivity index (χ4v) is 7.92. The van der Waals surface area contributed by atoms with Crippen molar-refractivity contribution < 1.29 is 0 Å². The number of thiophene rings is 1. The van der Waals surface area contributed by atoms with Crippen molar-refractivity contribution in [2.75, 3.05) is 0 Å². The van der Waals surface area contributed by atoms with Crippen molar-refractivity contribution in [1.29, 1.82) is 0 Å². The summed E-state index contributed by atoms with van der Waals surface area (Å²) in [7, 11) is 0. The zero-order chi connectivity index (χ0) is 14.9. The van der Waals surface area contributed by atoms with E-state index in [1.807, 2.05) is 11.3 Å². The van der Waals surface area contributed by atoms with Gasteiger partial charge in [-0.2, -0.15) is 0 Å². The second-order valence-electron chi connectivity index (χ2n) is 9.43. The maximum Gasteiger partial charge on any atom is 0.0308 e. The maximum atomic E-state index is 6.62. The van der Waals surface area contributed by atoms with Gasteiger partial charge in [-0.05, 0) is 91.0 Å². The Morgan fingerprint density at radius 1 is 1.19 bits per heavy atom. The van der Waals surface area contributed by atoms with Gasteiger partial charge in [-0.25, -0.2) is 0 Å². The molecular formula is C19H29NS. The van der Waals surface area contributed by atoms with Gasteiger partial charge in [-0.1, -0.05) is 13.8 Å². The van der Waals surface area contributed by atoms with E-state index in [9.17, 15) is 0 Å². The number of hydrogen-bond acceptors (Lipinski definition) is 2. The molecule has 116 valence electrons. The maximum absolute atomic E-state index is 6.62. The fourth-order valence-electron chi connectivity index (χ4n) is 7.15. The minimum atomic E-state index is 0.249. The van der Waals surface area contributed by atoms with Gasteiger partial charge < -0.3 is 5.73 Å². The lowest BCUT2D eigenvalue weighted by Gasteiger charge is -2.66. The standard InChI is InChI=1S/C19H29NS/c1-13-4-15(9-21-13)16(20)8-19-7-14-5-17(2,11-19)10-18(3,6-14)12-19/h4,9,14,16H,5-8,10-12,20H2,1-3H3. The van der Waals surface area contributed by atoms with Gasteiger partial charge in [-0.3, -0.25) is 0 Å². The first-order valence-electron chi connectivity index (χ1n) is 8.60. The summed E-state index contributed by atoms with van der Waals surface area (Å²) in [6.45, 7) is 7.31. The van der Waals surface area contributed by atoms with E-state index < -0.39 is 0 Å². The second-order valence-corrected chi connectivity index (χ2v) is 10.5. The summed E-state index contributed by atoms with van der Waals surface area (Å²) in [6.07, 6.45) is 9.96. The molecule has 3 atom stereocenters. The molecule has 2 N–H and O–H groups in total. The van der Waals surface area contributed by atoms with Crippen LogP contribution in [0.3, 0.4) is 0 Å². The fraction of sp³-hybridized carbons (Fsp3) is 0.789. The molecule has 0 aliphatic heterocycles. The van der Waals surface area contributed by atoms with Gasteiger partial charge in [0.15, 0.2) is 0 Å². The predicted octanol–water partition coefficient (Wildman–Crippen LogP) is 5.44. The molecule has 0 amide bonds. The van der Waals surface area contributed by atoms with E-state index in [-0.39, 0.29) is 6.04 Å². The summed E-state index contributed by atoms with van der Waals surface area (Å²) in [6, 6.07) is 2.55. The SMILES string of the molecule is Cc1cc(C(N)CC23CC4CC(C)(CC(C)(C4)C2)C3)cs1. The van der Waals surface area contributed by atoms with E-state index in [2.05, 4.69) is 32.2 Å². The Kier molecular flexibility index (Phi) is 2.96. The van der Waals surface area contributed by atoms with Gasteiger partial charge in [0, 0.05) is 10.9 Å². The van der Waals surface area contributed by atoms with Crippen LogP contribution < -0.4 is 5.73 Å². The number of rotatable bonds is 3. The highest BCUT2D eigenvalue weighted by molar-refractivity contribution is 7.10. The molecule has 4 aliphatic carbocycles. The van der Waals surface area contributed by atoms with Crippen molar-refractivity contribution in [3.05, 3.63) is 21.9 Å². The lowest BCUT2D eigenvalue weighted by atomic mass is 9.39. The van der Waals surface area contributed by atoms with Crippen LogP contribution in [0.2, 0.25) is 0 Å². The van der Waals surface area contributed by atoms with Crippen LogP contribution in [-0.2, 0) is 0 Å². The van der Waals surface area contributed by atoms with Crippen LogP contribution in [0.25, 0.3) is 0 Å². The van der Waals surface area contributed by atoms with Crippen molar-refractivity contribution >= 4 is 11.3 Å². The molecule has 5 rings (SSSR count). The predicted molar refractivity (Wildman–Crippen MR) is 90.4 cm³/mol. The lowest BCUT2D eigenvalue weighted by Crippen LogP contribution is -2.55. The summed E-state index contributed by atoms with van der Waals surface area (Å²) < 4.78 is 0. The average Bonchev–Trinajstić information content (AvgIpc) is 2.70. The zero-order valence-corrected chi connectivity index (χ0v) is 14.6. The van der Waals surface area contributed by atoms with Gasteiger partial charge in [0.2, 0.25) is 0 Å². The molecule has 0 radical (unpaired) electrons. The third-order valence-corrected chi connectivity index (χ3v) is 7.45. The van der Waals surface area contributed by atoms with Gasteiger partial charge in [0.25, 0.3) is 0 Å². The van der Waals surface area contributed by atoms with Crippen LogP contribution >= 0.6 is 11.3 Å². The van der Waals surface area contributed by atoms with Crippen molar-refractivity contribution in [1.82, 2.24) is 0 Å². The molecule has 21 heavy (non-hydrogen) atoms. The third-order valence-electron chi connectivity index (χ3n) is 6.57. The molecule has 4 aliphatic rings. The molecular weight excluding hydrogens is 274 g/mol. The van der Waals surface area contributed by atoms with Crippen LogP contribution in [0.15, 0.2) is 11.4 Å². The van der Waals surface area contributed by atoms with Crippen molar-refractivity contribution in [2.24, 2.45) is 27.9 Å². The molecule has 4 bridgehead atoms. The van der Waals surface area contributed by atoms with Crippen molar-refractivity contribution in [2.45, 2.75) is 71.8 Å². The van der Waals surface area contributed by atoms with E-state index in [0.29, 0.717) is 16.2 Å². The van der Waals surface area contributed by atoms with Gasteiger partial charge in [-0.15, -0.1) is 11.3 Å². The van der Waals surface area contributed by atoms with E-state index in [0.717, 1.165) is 5.92 Å². The topological polar surface area (TPSA) is 26.0 Å². The second kappa shape index (κ2) is 4.35. The van der Waals surface area contributed by atoms with Gasteiger partial charge >= 0.3 is 0 Å². The van der Waals surface area contributed by atoms with Gasteiger partial charge in [0.05, 0.1) is 0 Å². The van der Waals surface area contributed by atoms with Crippen LogP contribution in [0, 0.1) is 29.1 Å². The van der Waals surface area contributed by atoms with Crippen LogP contribution in [0.5, 0.6) is 0 Å². The highest BCUT2D eigenvalue weighted by Crippen LogP contribution is 2.71. The molecule has 4 fully saturated rings. The third kappa shape index (κ3) is 2.39. The molecule has 4 saturated carbocycles. The average molecular weight is 304 g/mol. The molecule has 2 heteroatoms. The van der Waals surface area contributed by atoms with Crippen LogP contribution in [0.1, 0.15) is 75.3 Å². The molecule has 3 unspecified atom stereocenters. The van der Waals surface area contributed by atoms with E-state index in [1.54, 1.807) is 0 Å². The Morgan fingerprint density at radius 2 is 1.86 bits per heavy atom. The van der Waals surface area contributed by atoms with E-state index >= 15 is 0 Å². The largest absolute Gasteiger partial charge is 0.324 e. The molecule has 0 spiro atoms. The van der Waals surface area contributed by atoms with Crippen LogP contribution in [-0.4, -0.2) is 0 Å². The highest BCUT2D eigenvalue weighted by Gasteiger charge is 2.59. The molecule has 0 aromatic carbocycles. The quantitative estimate of drug-likeness (QED) is 0.790. The summed E-state index contributed by atoms with van der Waals surface area (Å²) in [5.41, 5.74) is 9.76. The molecule has 1 aromatic rings. The molecule has 1 nitrogen and oxygen atoms in total. The Bertz CT molecular complexity index is 542. The van der Waals surface area contributed by atoms with Crippen molar-refractivity contribution in [3.8, 4) is 0 Å². The first-order valence-corrected chi connectivity index (χ1v) is 9.48. The highest BCUT2D eigenvalue weighted by atomic mass is 32.1. The Balaban J connectivity index is 1.59. The van der Waals surface area contributed by atoms with Gasteiger partial charge in [0.1, 0.15) is 0 Å². The number of aryl methyl sites for hydroxylation is 1. The van der Waals surface area contributed by atoms with E-state index in [1.165, 1.54) is 55.4 Å². The number of nitrogens with two attached hydrogens (primary N) is 1. The smallest absolute Gasteiger partial charge is 0.0308 e. The zero-order valence-electron chi connectivity index (χ0n) is 13.7. The van der Waals surface area contributed by atoms with Crippen molar-refractivity contribution in [3.63, 3.8) is 0 Å². The monoisotopic (exact) mass is 303 g/mol. The normalized spacial score (nSPS) is 46.0. The Hall–Kier alpha value is -0.340. The Morgan fingerprint density at radius 3 is 2.38 bits per heavy atom. The first-order chi connectivity index (χ1) is 9.79. The van der Waals surface area contributed by atoms with E-state index in [4.69, 9.17) is 5.73 Å². The molecule has 1 heterocycles. The first kappa shape index (κ1) is 14.3. The summed E-state index contributed by atoms with van der Waals surface area (Å²) in [5.74, 6) is 0.979.